The minimum absolute atomic E-state index is 0.0161. The number of nitrogens with zero attached hydrogens (tertiary/aromatic N) is 1. The maximum absolute atomic E-state index is 13.8. The third kappa shape index (κ3) is 2.63. The summed E-state index contributed by atoms with van der Waals surface area (Å²) in [5.74, 6) is -0.505. The van der Waals surface area contributed by atoms with Gasteiger partial charge in [0.15, 0.2) is 0 Å². The molecule has 18 heavy (non-hydrogen) atoms. The normalized spacial score (nSPS) is 11.8. The first-order valence-electron chi connectivity index (χ1n) is 5.33. The van der Waals surface area contributed by atoms with Gasteiger partial charge in [0.2, 0.25) is 0 Å². The van der Waals surface area contributed by atoms with E-state index in [9.17, 15) is 8.60 Å². The Labute approximate surface area is 107 Å². The summed E-state index contributed by atoms with van der Waals surface area (Å²) in [5, 5.41) is 8.73. The lowest BCUT2D eigenvalue weighted by Crippen LogP contribution is -2.00. The summed E-state index contributed by atoms with van der Waals surface area (Å²) in [7, 11) is -1.30. The van der Waals surface area contributed by atoms with Crippen molar-refractivity contribution in [2.75, 3.05) is 0 Å². The predicted octanol–water partition coefficient (Wildman–Crippen LogP) is 3.01. The summed E-state index contributed by atoms with van der Waals surface area (Å²) in [6.07, 6.45) is 0. The summed E-state index contributed by atoms with van der Waals surface area (Å²) in [6, 6.07) is 15.2. The van der Waals surface area contributed by atoms with E-state index in [0.717, 1.165) is 0 Å². The zero-order chi connectivity index (χ0) is 13.0. The summed E-state index contributed by atoms with van der Waals surface area (Å²) in [6.45, 7) is 0. The third-order valence-electron chi connectivity index (χ3n) is 2.49. The van der Waals surface area contributed by atoms with Crippen LogP contribution in [0, 0.1) is 17.1 Å². The van der Waals surface area contributed by atoms with Gasteiger partial charge in [0.05, 0.1) is 22.1 Å². The molecule has 0 aliphatic rings. The molecule has 90 valence electrons. The van der Waals surface area contributed by atoms with Crippen molar-refractivity contribution >= 4 is 10.8 Å². The molecule has 0 heterocycles. The van der Waals surface area contributed by atoms with E-state index in [1.54, 1.807) is 42.5 Å². The first-order valence-corrected chi connectivity index (χ1v) is 6.65. The molecular formula is C14H10FNOS. The predicted molar refractivity (Wildman–Crippen MR) is 67.7 cm³/mol. The Morgan fingerprint density at radius 2 is 1.83 bits per heavy atom. The van der Waals surface area contributed by atoms with Crippen LogP contribution in [0.1, 0.15) is 11.1 Å². The second-order valence-electron chi connectivity index (χ2n) is 3.69. The number of benzene rings is 2. The molecule has 2 aromatic rings. The van der Waals surface area contributed by atoms with Gasteiger partial charge >= 0.3 is 0 Å². The Balaban J connectivity index is 2.26. The second kappa shape index (κ2) is 5.56. The van der Waals surface area contributed by atoms with Crippen LogP contribution in [0.5, 0.6) is 0 Å². The highest BCUT2D eigenvalue weighted by molar-refractivity contribution is 7.84. The molecule has 1 atom stereocenters. The number of hydrogen-bond acceptors (Lipinski definition) is 2. The Kier molecular flexibility index (Phi) is 3.85. The van der Waals surface area contributed by atoms with Gasteiger partial charge in [0.1, 0.15) is 11.9 Å². The Bertz CT molecular complexity index is 619. The van der Waals surface area contributed by atoms with Crippen molar-refractivity contribution in [3.05, 3.63) is 65.5 Å². The van der Waals surface area contributed by atoms with E-state index >= 15 is 0 Å². The van der Waals surface area contributed by atoms with E-state index < -0.39 is 16.6 Å². The minimum Gasteiger partial charge on any atom is -0.254 e. The van der Waals surface area contributed by atoms with Crippen molar-refractivity contribution in [1.29, 1.82) is 5.26 Å². The maximum Gasteiger partial charge on any atom is 0.145 e. The summed E-state index contributed by atoms with van der Waals surface area (Å²) in [5.41, 5.74) is 0.286. The van der Waals surface area contributed by atoms with Crippen LogP contribution in [0.3, 0.4) is 0 Å². The van der Waals surface area contributed by atoms with Crippen molar-refractivity contribution < 1.29 is 8.60 Å². The van der Waals surface area contributed by atoms with E-state index in [1.165, 1.54) is 6.07 Å². The van der Waals surface area contributed by atoms with Crippen LogP contribution >= 0.6 is 0 Å². The molecule has 0 aliphatic carbocycles. The Hall–Kier alpha value is -1.99. The molecule has 0 saturated carbocycles. The van der Waals surface area contributed by atoms with Crippen molar-refractivity contribution in [1.82, 2.24) is 0 Å². The largest absolute Gasteiger partial charge is 0.254 e. The molecule has 0 fully saturated rings. The van der Waals surface area contributed by atoms with E-state index in [0.29, 0.717) is 10.5 Å². The van der Waals surface area contributed by atoms with Gasteiger partial charge in [-0.1, -0.05) is 30.3 Å². The first kappa shape index (κ1) is 12.5. The van der Waals surface area contributed by atoms with Crippen LogP contribution < -0.4 is 0 Å². The summed E-state index contributed by atoms with van der Waals surface area (Å²) >= 11 is 0. The van der Waals surface area contributed by atoms with Crippen LogP contribution in [0.25, 0.3) is 0 Å². The molecule has 0 amide bonds. The van der Waals surface area contributed by atoms with Gasteiger partial charge in [0.25, 0.3) is 0 Å². The van der Waals surface area contributed by atoms with Gasteiger partial charge < -0.3 is 0 Å². The highest BCUT2D eigenvalue weighted by Crippen LogP contribution is 2.17. The average molecular weight is 259 g/mol. The maximum atomic E-state index is 13.8. The lowest BCUT2D eigenvalue weighted by Gasteiger charge is -2.04. The van der Waals surface area contributed by atoms with Gasteiger partial charge in [-0.2, -0.15) is 5.26 Å². The standard InChI is InChI=1S/C14H10FNOS/c15-14-11(9-16)5-4-6-12(14)10-18(17)13-7-2-1-3-8-13/h1-8H,10H2. The summed E-state index contributed by atoms with van der Waals surface area (Å²) in [4.78, 5) is 0.652. The Morgan fingerprint density at radius 3 is 2.50 bits per heavy atom. The van der Waals surface area contributed by atoms with Gasteiger partial charge in [-0.3, -0.25) is 4.21 Å². The van der Waals surface area contributed by atoms with Gasteiger partial charge in [-0.05, 0) is 18.2 Å². The van der Waals surface area contributed by atoms with Crippen LogP contribution in [0.4, 0.5) is 4.39 Å². The molecule has 0 aromatic heterocycles. The van der Waals surface area contributed by atoms with E-state index in [4.69, 9.17) is 5.26 Å². The molecule has 2 nitrogen and oxygen atoms in total. The van der Waals surface area contributed by atoms with Gasteiger partial charge in [0, 0.05) is 10.5 Å². The van der Waals surface area contributed by atoms with Crippen molar-refractivity contribution in [2.45, 2.75) is 10.6 Å². The second-order valence-corrected chi connectivity index (χ2v) is 5.14. The lowest BCUT2D eigenvalue weighted by molar-refractivity contribution is 0.611. The molecule has 2 aromatic carbocycles. The molecule has 0 spiro atoms. The fourth-order valence-corrected chi connectivity index (χ4v) is 2.71. The molecule has 4 heteroatoms. The minimum atomic E-state index is -1.30. The highest BCUT2D eigenvalue weighted by Gasteiger charge is 2.11. The molecule has 0 saturated heterocycles. The van der Waals surface area contributed by atoms with Gasteiger partial charge in [-0.25, -0.2) is 4.39 Å². The quantitative estimate of drug-likeness (QED) is 0.850. The SMILES string of the molecule is N#Cc1cccc(CS(=O)c2ccccc2)c1F. The monoisotopic (exact) mass is 259 g/mol. The highest BCUT2D eigenvalue weighted by atomic mass is 32.2. The van der Waals surface area contributed by atoms with Crippen LogP contribution in [0.15, 0.2) is 53.4 Å². The van der Waals surface area contributed by atoms with Crippen molar-refractivity contribution in [3.8, 4) is 6.07 Å². The average Bonchev–Trinajstić information content (AvgIpc) is 2.42. The molecule has 0 N–H and O–H groups in total. The fraction of sp³-hybridized carbons (Fsp3) is 0.0714. The van der Waals surface area contributed by atoms with E-state index in [1.807, 2.05) is 6.07 Å². The molecular weight excluding hydrogens is 249 g/mol. The first-order chi connectivity index (χ1) is 8.72. The van der Waals surface area contributed by atoms with Crippen LogP contribution in [-0.4, -0.2) is 4.21 Å². The van der Waals surface area contributed by atoms with E-state index in [-0.39, 0.29) is 11.3 Å². The summed E-state index contributed by atoms with van der Waals surface area (Å²) < 4.78 is 25.8. The molecule has 1 unspecified atom stereocenters. The molecule has 0 aliphatic heterocycles. The number of hydrogen-bond donors (Lipinski definition) is 0. The molecule has 0 radical (unpaired) electrons. The lowest BCUT2D eigenvalue weighted by atomic mass is 10.1. The third-order valence-corrected chi connectivity index (χ3v) is 3.86. The number of rotatable bonds is 3. The van der Waals surface area contributed by atoms with E-state index in [2.05, 4.69) is 0 Å². The van der Waals surface area contributed by atoms with Gasteiger partial charge in [-0.15, -0.1) is 0 Å². The zero-order valence-electron chi connectivity index (χ0n) is 9.47. The topological polar surface area (TPSA) is 40.9 Å². The number of halogens is 1. The molecule has 0 bridgehead atoms. The van der Waals surface area contributed by atoms with Crippen LogP contribution in [-0.2, 0) is 16.6 Å². The van der Waals surface area contributed by atoms with Crippen LogP contribution in [0.2, 0.25) is 0 Å². The van der Waals surface area contributed by atoms with Crippen molar-refractivity contribution in [3.63, 3.8) is 0 Å². The smallest absolute Gasteiger partial charge is 0.145 e. The number of nitriles is 1. The Morgan fingerprint density at radius 1 is 1.11 bits per heavy atom. The zero-order valence-corrected chi connectivity index (χ0v) is 10.3. The van der Waals surface area contributed by atoms with Crippen molar-refractivity contribution in [2.24, 2.45) is 0 Å². The fourth-order valence-electron chi connectivity index (χ4n) is 1.57. The molecule has 2 rings (SSSR count).